The Morgan fingerprint density at radius 1 is 1.64 bits per heavy atom. The third kappa shape index (κ3) is 2.03. The fourth-order valence-electron chi connectivity index (χ4n) is 1.98. The summed E-state index contributed by atoms with van der Waals surface area (Å²) in [5.41, 5.74) is 0.540. The number of thioether (sulfide) groups is 1. The van der Waals surface area contributed by atoms with Crippen LogP contribution in [-0.4, -0.2) is 18.0 Å². The molecule has 0 saturated heterocycles. The molecule has 0 aromatic heterocycles. The summed E-state index contributed by atoms with van der Waals surface area (Å²) in [6.45, 7) is 0.919. The van der Waals surface area contributed by atoms with Gasteiger partial charge in [-0.3, -0.25) is 10.3 Å². The number of nitrogens with zero attached hydrogens (tertiary/aromatic N) is 2. The second-order valence-electron chi connectivity index (χ2n) is 4.20. The van der Waals surface area contributed by atoms with E-state index in [-0.39, 0.29) is 0 Å². The summed E-state index contributed by atoms with van der Waals surface area (Å²) in [4.78, 5) is 4.47. The van der Waals surface area contributed by atoms with Crippen LogP contribution in [-0.2, 0) is 0 Å². The normalized spacial score (nSPS) is 24.1. The second-order valence-corrected chi connectivity index (χ2v) is 4.99. The van der Waals surface area contributed by atoms with Gasteiger partial charge in [-0.15, -0.1) is 0 Å². The van der Waals surface area contributed by atoms with Crippen molar-refractivity contribution in [3.05, 3.63) is 0 Å². The maximum absolute atomic E-state index is 8.48. The van der Waals surface area contributed by atoms with Crippen molar-refractivity contribution in [3.8, 4) is 6.19 Å². The molecule has 2 aliphatic rings. The molecule has 0 aromatic carbocycles. The van der Waals surface area contributed by atoms with Crippen molar-refractivity contribution in [2.24, 2.45) is 16.3 Å². The van der Waals surface area contributed by atoms with Gasteiger partial charge in [-0.2, -0.15) is 5.26 Å². The van der Waals surface area contributed by atoms with Crippen LogP contribution in [0.25, 0.3) is 0 Å². The molecular weight excluding hydrogens is 194 g/mol. The molecule has 2 saturated carbocycles. The third-order valence-corrected chi connectivity index (χ3v) is 3.85. The van der Waals surface area contributed by atoms with Gasteiger partial charge in [0, 0.05) is 6.54 Å². The summed E-state index contributed by atoms with van der Waals surface area (Å²) in [5.74, 6) is 0.941. The van der Waals surface area contributed by atoms with Crippen LogP contribution in [0.3, 0.4) is 0 Å². The molecule has 0 heterocycles. The largest absolute Gasteiger partial charge is 0.272 e. The minimum absolute atomic E-state index is 0.540. The quantitative estimate of drug-likeness (QED) is 0.334. The highest BCUT2D eigenvalue weighted by atomic mass is 32.2. The van der Waals surface area contributed by atoms with Gasteiger partial charge >= 0.3 is 0 Å². The first kappa shape index (κ1) is 9.85. The molecule has 0 spiro atoms. The van der Waals surface area contributed by atoms with E-state index in [2.05, 4.69) is 10.3 Å². The van der Waals surface area contributed by atoms with Crippen LogP contribution in [0.2, 0.25) is 0 Å². The molecule has 0 amide bonds. The van der Waals surface area contributed by atoms with Gasteiger partial charge in [0.1, 0.15) is 0 Å². The van der Waals surface area contributed by atoms with Crippen LogP contribution < -0.4 is 5.32 Å². The van der Waals surface area contributed by atoms with Crippen molar-refractivity contribution in [1.82, 2.24) is 5.32 Å². The highest BCUT2D eigenvalue weighted by Crippen LogP contribution is 2.61. The van der Waals surface area contributed by atoms with Gasteiger partial charge in [-0.1, -0.05) is 11.8 Å². The molecule has 2 aliphatic carbocycles. The standard InChI is InChI=1S/C10H15N3S/c1-14-9(13-7-11)12-6-10(4-5-10)8-2-3-8/h8H,2-6H2,1H3,(H,12,13). The van der Waals surface area contributed by atoms with E-state index in [0.29, 0.717) is 5.41 Å². The summed E-state index contributed by atoms with van der Waals surface area (Å²) < 4.78 is 0. The van der Waals surface area contributed by atoms with Crippen molar-refractivity contribution in [1.29, 1.82) is 5.26 Å². The minimum Gasteiger partial charge on any atom is -0.272 e. The van der Waals surface area contributed by atoms with Gasteiger partial charge < -0.3 is 0 Å². The first-order chi connectivity index (χ1) is 6.80. The van der Waals surface area contributed by atoms with Crippen LogP contribution in [0.5, 0.6) is 0 Å². The van der Waals surface area contributed by atoms with Crippen LogP contribution >= 0.6 is 11.8 Å². The van der Waals surface area contributed by atoms with E-state index in [1.54, 1.807) is 0 Å². The van der Waals surface area contributed by atoms with E-state index in [0.717, 1.165) is 17.6 Å². The number of nitrogens with one attached hydrogen (secondary N) is 1. The lowest BCUT2D eigenvalue weighted by molar-refractivity contribution is 0.454. The van der Waals surface area contributed by atoms with E-state index >= 15 is 0 Å². The monoisotopic (exact) mass is 209 g/mol. The van der Waals surface area contributed by atoms with Gasteiger partial charge in [-0.05, 0) is 43.3 Å². The number of amidine groups is 1. The average Bonchev–Trinajstić information content (AvgIpc) is 3.04. The first-order valence-electron chi connectivity index (χ1n) is 5.04. The molecule has 0 radical (unpaired) electrons. The van der Waals surface area contributed by atoms with E-state index in [4.69, 9.17) is 5.26 Å². The predicted molar refractivity (Wildman–Crippen MR) is 59.0 cm³/mol. The molecule has 0 unspecified atom stereocenters. The lowest BCUT2D eigenvalue weighted by atomic mass is 10.0. The van der Waals surface area contributed by atoms with Crippen LogP contribution in [0.15, 0.2) is 4.99 Å². The maximum Gasteiger partial charge on any atom is 0.183 e. The van der Waals surface area contributed by atoms with Gasteiger partial charge in [0.15, 0.2) is 11.4 Å². The Hall–Kier alpha value is -0.690. The highest BCUT2D eigenvalue weighted by molar-refractivity contribution is 8.13. The Morgan fingerprint density at radius 3 is 2.79 bits per heavy atom. The Morgan fingerprint density at radius 2 is 2.36 bits per heavy atom. The molecule has 4 heteroatoms. The fourth-order valence-corrected chi connectivity index (χ4v) is 2.33. The van der Waals surface area contributed by atoms with Gasteiger partial charge in [0.25, 0.3) is 0 Å². The number of rotatable bonds is 3. The van der Waals surface area contributed by atoms with Crippen molar-refractivity contribution < 1.29 is 0 Å². The Labute approximate surface area is 89.0 Å². The molecule has 2 fully saturated rings. The lowest BCUT2D eigenvalue weighted by Crippen LogP contribution is -2.17. The summed E-state index contributed by atoms with van der Waals surface area (Å²) in [7, 11) is 0. The number of aliphatic imine (C=N–C) groups is 1. The summed E-state index contributed by atoms with van der Waals surface area (Å²) in [6.07, 6.45) is 9.35. The smallest absolute Gasteiger partial charge is 0.183 e. The van der Waals surface area contributed by atoms with Crippen LogP contribution in [0.1, 0.15) is 25.7 Å². The van der Waals surface area contributed by atoms with Crippen molar-refractivity contribution >= 4 is 16.9 Å². The van der Waals surface area contributed by atoms with Crippen molar-refractivity contribution in [3.63, 3.8) is 0 Å². The molecule has 3 nitrogen and oxygen atoms in total. The van der Waals surface area contributed by atoms with E-state index in [1.165, 1.54) is 37.4 Å². The molecule has 76 valence electrons. The van der Waals surface area contributed by atoms with Crippen LogP contribution in [0, 0.1) is 22.8 Å². The Balaban J connectivity index is 1.87. The van der Waals surface area contributed by atoms with Crippen molar-refractivity contribution in [2.75, 3.05) is 12.8 Å². The van der Waals surface area contributed by atoms with Gasteiger partial charge in [0.05, 0.1) is 0 Å². The highest BCUT2D eigenvalue weighted by Gasteiger charge is 2.53. The maximum atomic E-state index is 8.48. The van der Waals surface area contributed by atoms with E-state index < -0.39 is 0 Å². The molecule has 0 aromatic rings. The fraction of sp³-hybridized carbons (Fsp3) is 0.800. The van der Waals surface area contributed by atoms with E-state index in [1.807, 2.05) is 12.4 Å². The SMILES string of the molecule is CSC(=NCC1(C2CC2)CC1)NC#N. The zero-order valence-corrected chi connectivity index (χ0v) is 9.23. The minimum atomic E-state index is 0.540. The molecular formula is C10H15N3S. The van der Waals surface area contributed by atoms with Crippen molar-refractivity contribution in [2.45, 2.75) is 25.7 Å². The summed E-state index contributed by atoms with van der Waals surface area (Å²) in [6, 6.07) is 0. The molecule has 0 atom stereocenters. The molecule has 14 heavy (non-hydrogen) atoms. The topological polar surface area (TPSA) is 48.2 Å². The molecule has 0 aliphatic heterocycles. The predicted octanol–water partition coefficient (Wildman–Crippen LogP) is 1.97. The summed E-state index contributed by atoms with van der Waals surface area (Å²) in [5, 5.41) is 11.9. The Bertz CT molecular complexity index is 284. The van der Waals surface area contributed by atoms with Gasteiger partial charge in [-0.25, -0.2) is 0 Å². The zero-order valence-electron chi connectivity index (χ0n) is 8.42. The summed E-state index contributed by atoms with van der Waals surface area (Å²) >= 11 is 1.51. The Kier molecular flexibility index (Phi) is 2.69. The lowest BCUT2D eigenvalue weighted by Gasteiger charge is -2.10. The number of nitriles is 1. The zero-order chi connectivity index (χ0) is 10.0. The second kappa shape index (κ2) is 3.82. The van der Waals surface area contributed by atoms with E-state index in [9.17, 15) is 0 Å². The number of hydrogen-bond acceptors (Lipinski definition) is 3. The van der Waals surface area contributed by atoms with Crippen LogP contribution in [0.4, 0.5) is 0 Å². The molecule has 1 N–H and O–H groups in total. The van der Waals surface area contributed by atoms with Gasteiger partial charge in [0.2, 0.25) is 0 Å². The first-order valence-corrected chi connectivity index (χ1v) is 6.27. The molecule has 2 rings (SSSR count). The molecule has 0 bridgehead atoms. The average molecular weight is 209 g/mol. The third-order valence-electron chi connectivity index (χ3n) is 3.23. The number of hydrogen-bond donors (Lipinski definition) is 1.